The van der Waals surface area contributed by atoms with Crippen LogP contribution in [0.4, 0.5) is 4.39 Å². The molecule has 3 nitrogen and oxygen atoms in total. The van der Waals surface area contributed by atoms with E-state index in [4.69, 9.17) is 5.26 Å². The van der Waals surface area contributed by atoms with Gasteiger partial charge in [0, 0.05) is 5.69 Å². The molecule has 0 bridgehead atoms. The third kappa shape index (κ3) is 2.09. The molecule has 0 saturated carbocycles. The Labute approximate surface area is 74.8 Å². The van der Waals surface area contributed by atoms with Gasteiger partial charge >= 0.3 is 0 Å². The number of carbonyl (C=O) groups excluding carboxylic acids is 1. The van der Waals surface area contributed by atoms with Crippen LogP contribution in [0.1, 0.15) is 22.6 Å². The molecule has 0 fully saturated rings. The minimum atomic E-state index is -0.675. The normalized spacial score (nSPS) is 9.31. The summed E-state index contributed by atoms with van der Waals surface area (Å²) in [5, 5.41) is 8.24. The van der Waals surface area contributed by atoms with Gasteiger partial charge in [-0.25, -0.2) is 9.37 Å². The van der Waals surface area contributed by atoms with Crippen LogP contribution in [-0.4, -0.2) is 10.8 Å². The number of ketones is 1. The van der Waals surface area contributed by atoms with Crippen LogP contribution in [-0.2, 0) is 0 Å². The monoisotopic (exact) mass is 178 g/mol. The molecule has 0 saturated heterocycles. The number of halogens is 1. The molecule has 0 aliphatic heterocycles. The van der Waals surface area contributed by atoms with Crippen LogP contribution in [0.2, 0.25) is 0 Å². The molecule has 4 heteroatoms. The lowest BCUT2D eigenvalue weighted by Crippen LogP contribution is -2.05. The quantitative estimate of drug-likeness (QED) is 0.646. The van der Waals surface area contributed by atoms with Crippen molar-refractivity contribution in [1.82, 2.24) is 4.98 Å². The number of aromatic nitrogens is 1. The molecule has 0 unspecified atom stereocenters. The van der Waals surface area contributed by atoms with Gasteiger partial charge in [-0.3, -0.25) is 4.79 Å². The van der Waals surface area contributed by atoms with Gasteiger partial charge in [-0.15, -0.1) is 0 Å². The minimum Gasteiger partial charge on any atom is -0.291 e. The number of rotatable bonds is 2. The Morgan fingerprint density at radius 1 is 1.69 bits per heavy atom. The van der Waals surface area contributed by atoms with E-state index in [2.05, 4.69) is 4.98 Å². The molecule has 0 atom stereocenters. The number of nitrogens with zero attached hydrogens (tertiary/aromatic N) is 2. The van der Waals surface area contributed by atoms with E-state index in [1.54, 1.807) is 13.0 Å². The van der Waals surface area contributed by atoms with Gasteiger partial charge in [0.1, 0.15) is 12.1 Å². The third-order valence-electron chi connectivity index (χ3n) is 1.49. The molecule has 0 amide bonds. The third-order valence-corrected chi connectivity index (χ3v) is 1.49. The van der Waals surface area contributed by atoms with E-state index in [0.29, 0.717) is 5.69 Å². The molecule has 1 heterocycles. The van der Waals surface area contributed by atoms with Crippen LogP contribution in [0.15, 0.2) is 12.1 Å². The number of Topliss-reactive ketones (excluding diaryl/α,β-unsaturated/α-hetero) is 1. The highest BCUT2D eigenvalue weighted by Gasteiger charge is 2.12. The van der Waals surface area contributed by atoms with Crippen molar-refractivity contribution in [2.45, 2.75) is 13.3 Å². The van der Waals surface area contributed by atoms with Crippen LogP contribution in [0.25, 0.3) is 0 Å². The predicted molar refractivity (Wildman–Crippen MR) is 43.5 cm³/mol. The molecule has 0 spiro atoms. The molecule has 1 aromatic heterocycles. The average molecular weight is 178 g/mol. The van der Waals surface area contributed by atoms with Crippen LogP contribution in [0.5, 0.6) is 0 Å². The van der Waals surface area contributed by atoms with Gasteiger partial charge in [0.05, 0.1) is 6.07 Å². The van der Waals surface area contributed by atoms with E-state index in [-0.39, 0.29) is 12.1 Å². The summed E-state index contributed by atoms with van der Waals surface area (Å²) < 4.78 is 13.0. The van der Waals surface area contributed by atoms with Crippen LogP contribution < -0.4 is 0 Å². The maximum Gasteiger partial charge on any atom is 0.198 e. The van der Waals surface area contributed by atoms with Gasteiger partial charge in [-0.2, -0.15) is 5.26 Å². The summed E-state index contributed by atoms with van der Waals surface area (Å²) >= 11 is 0. The Morgan fingerprint density at radius 2 is 2.38 bits per heavy atom. The number of hydrogen-bond donors (Lipinski definition) is 0. The highest BCUT2D eigenvalue weighted by atomic mass is 19.1. The topological polar surface area (TPSA) is 53.8 Å². The number of carbonyl (C=O) groups is 1. The summed E-state index contributed by atoms with van der Waals surface area (Å²) in [5.41, 5.74) is 0.309. The first-order chi connectivity index (χ1) is 6.15. The fraction of sp³-hybridized carbons (Fsp3) is 0.222. The van der Waals surface area contributed by atoms with Gasteiger partial charge in [-0.1, -0.05) is 0 Å². The Balaban J connectivity index is 3.07. The summed E-state index contributed by atoms with van der Waals surface area (Å²) in [6.07, 6.45) is -0.340. The van der Waals surface area contributed by atoms with E-state index in [9.17, 15) is 9.18 Å². The molecule has 1 aromatic rings. The molecule has 0 aliphatic rings. The lowest BCUT2D eigenvalue weighted by Gasteiger charge is -1.98. The van der Waals surface area contributed by atoms with Gasteiger partial charge in [0.15, 0.2) is 11.6 Å². The SMILES string of the molecule is Cc1ccc(F)c(C(=O)CC#N)n1. The largest absolute Gasteiger partial charge is 0.291 e. The average Bonchev–Trinajstić information content (AvgIpc) is 2.09. The molecular weight excluding hydrogens is 171 g/mol. The molecular formula is C9H7FN2O. The zero-order valence-electron chi connectivity index (χ0n) is 7.04. The van der Waals surface area contributed by atoms with Crippen molar-refractivity contribution in [2.24, 2.45) is 0 Å². The van der Waals surface area contributed by atoms with E-state index in [1.807, 2.05) is 0 Å². The number of hydrogen-bond acceptors (Lipinski definition) is 3. The molecule has 1 rings (SSSR count). The van der Waals surface area contributed by atoms with E-state index in [1.165, 1.54) is 12.1 Å². The second-order valence-electron chi connectivity index (χ2n) is 2.54. The van der Waals surface area contributed by atoms with Crippen molar-refractivity contribution >= 4 is 5.78 Å². The van der Waals surface area contributed by atoms with Crippen molar-refractivity contribution in [2.75, 3.05) is 0 Å². The Hall–Kier alpha value is -1.76. The standard InChI is InChI=1S/C9H7FN2O/c1-6-2-3-7(10)9(12-6)8(13)4-5-11/h2-3H,4H2,1H3. The van der Waals surface area contributed by atoms with Gasteiger partial charge < -0.3 is 0 Å². The lowest BCUT2D eigenvalue weighted by atomic mass is 10.2. The second kappa shape index (κ2) is 3.76. The zero-order chi connectivity index (χ0) is 9.84. The summed E-state index contributed by atoms with van der Waals surface area (Å²) in [6, 6.07) is 4.30. The highest BCUT2D eigenvalue weighted by molar-refractivity contribution is 5.95. The molecule has 66 valence electrons. The molecule has 0 aliphatic carbocycles. The molecule has 0 aromatic carbocycles. The minimum absolute atomic E-state index is 0.249. The van der Waals surface area contributed by atoms with Crippen LogP contribution >= 0.6 is 0 Å². The van der Waals surface area contributed by atoms with Crippen LogP contribution in [0.3, 0.4) is 0 Å². The lowest BCUT2D eigenvalue weighted by molar-refractivity contribution is 0.0988. The highest BCUT2D eigenvalue weighted by Crippen LogP contribution is 2.07. The second-order valence-corrected chi connectivity index (χ2v) is 2.54. The van der Waals surface area contributed by atoms with Crippen molar-refractivity contribution < 1.29 is 9.18 Å². The summed E-state index contributed by atoms with van der Waals surface area (Å²) in [5.74, 6) is -1.26. The van der Waals surface area contributed by atoms with Crippen molar-refractivity contribution in [3.63, 3.8) is 0 Å². The summed E-state index contributed by atoms with van der Waals surface area (Å²) in [6.45, 7) is 1.66. The first kappa shape index (κ1) is 9.33. The first-order valence-corrected chi connectivity index (χ1v) is 3.68. The molecule has 0 N–H and O–H groups in total. The van der Waals surface area contributed by atoms with Crippen molar-refractivity contribution in [3.8, 4) is 6.07 Å². The van der Waals surface area contributed by atoms with Gasteiger partial charge in [0.25, 0.3) is 0 Å². The maximum absolute atomic E-state index is 13.0. The van der Waals surface area contributed by atoms with E-state index >= 15 is 0 Å². The molecule has 13 heavy (non-hydrogen) atoms. The Morgan fingerprint density at radius 3 is 3.00 bits per heavy atom. The van der Waals surface area contributed by atoms with Gasteiger partial charge in [0.2, 0.25) is 0 Å². The number of nitriles is 1. The maximum atomic E-state index is 13.0. The summed E-state index contributed by atoms with van der Waals surface area (Å²) in [7, 11) is 0. The van der Waals surface area contributed by atoms with Gasteiger partial charge in [-0.05, 0) is 19.1 Å². The summed E-state index contributed by atoms with van der Waals surface area (Å²) in [4.78, 5) is 14.8. The van der Waals surface area contributed by atoms with Crippen molar-refractivity contribution in [1.29, 1.82) is 5.26 Å². The molecule has 0 radical (unpaired) electrons. The Bertz CT molecular complexity index is 382. The Kier molecular flexibility index (Phi) is 2.70. The predicted octanol–water partition coefficient (Wildman–Crippen LogP) is 1.63. The van der Waals surface area contributed by atoms with E-state index < -0.39 is 11.6 Å². The van der Waals surface area contributed by atoms with Crippen LogP contribution in [0, 0.1) is 24.1 Å². The van der Waals surface area contributed by atoms with E-state index in [0.717, 1.165) is 0 Å². The van der Waals surface area contributed by atoms with Crippen molar-refractivity contribution in [3.05, 3.63) is 29.3 Å². The number of pyridine rings is 1. The fourth-order valence-corrected chi connectivity index (χ4v) is 0.891. The fourth-order valence-electron chi connectivity index (χ4n) is 0.891. The zero-order valence-corrected chi connectivity index (χ0v) is 7.04. The number of aryl methyl sites for hydroxylation is 1. The first-order valence-electron chi connectivity index (χ1n) is 3.68. The smallest absolute Gasteiger partial charge is 0.198 e.